The number of amides is 2. The molecule has 7 nitrogen and oxygen atoms in total. The average molecular weight is 353 g/mol. The Morgan fingerprint density at radius 1 is 1.46 bits per heavy atom. The van der Waals surface area contributed by atoms with E-state index >= 15 is 0 Å². The highest BCUT2D eigenvalue weighted by molar-refractivity contribution is 7.13. The van der Waals surface area contributed by atoms with Gasteiger partial charge in [-0.2, -0.15) is 0 Å². The number of ether oxygens (including phenoxy) is 1. The Morgan fingerprint density at radius 2 is 2.25 bits per heavy atom. The topological polar surface area (TPSA) is 88.6 Å². The fraction of sp³-hybridized carbons (Fsp3) is 0.625. The predicted octanol–water partition coefficient (Wildman–Crippen LogP) is 1.84. The van der Waals surface area contributed by atoms with E-state index in [9.17, 15) is 14.4 Å². The Labute approximate surface area is 145 Å². The SMILES string of the molecule is CCCCN1C[C@@H](C(=O)Nc2nc(CC(=O)OCC)cs2)CC1=O. The van der Waals surface area contributed by atoms with Crippen LogP contribution >= 0.6 is 11.3 Å². The van der Waals surface area contributed by atoms with Crippen LogP contribution in [0.15, 0.2) is 5.38 Å². The number of nitrogens with zero attached hydrogens (tertiary/aromatic N) is 2. The van der Waals surface area contributed by atoms with Crippen molar-refractivity contribution in [1.29, 1.82) is 0 Å². The van der Waals surface area contributed by atoms with E-state index < -0.39 is 0 Å². The number of likely N-dealkylation sites (tertiary alicyclic amines) is 1. The van der Waals surface area contributed by atoms with Crippen LogP contribution in [0.5, 0.6) is 0 Å². The summed E-state index contributed by atoms with van der Waals surface area (Å²) in [7, 11) is 0. The molecule has 0 bridgehead atoms. The van der Waals surface area contributed by atoms with Crippen LogP contribution in [0.3, 0.4) is 0 Å². The average Bonchev–Trinajstić information content (AvgIpc) is 3.12. The molecule has 0 unspecified atom stereocenters. The lowest BCUT2D eigenvalue weighted by molar-refractivity contribution is -0.142. The number of carbonyl (C=O) groups is 3. The zero-order valence-corrected chi connectivity index (χ0v) is 14.9. The minimum absolute atomic E-state index is 0.0331. The van der Waals surface area contributed by atoms with Crippen LogP contribution in [0.4, 0.5) is 5.13 Å². The van der Waals surface area contributed by atoms with E-state index in [4.69, 9.17) is 4.74 Å². The lowest BCUT2D eigenvalue weighted by Gasteiger charge is -2.15. The van der Waals surface area contributed by atoms with Crippen LogP contribution in [-0.4, -0.2) is 47.4 Å². The van der Waals surface area contributed by atoms with E-state index in [2.05, 4.69) is 17.2 Å². The van der Waals surface area contributed by atoms with Gasteiger partial charge in [0.25, 0.3) is 0 Å². The number of nitrogens with one attached hydrogen (secondary N) is 1. The Hall–Kier alpha value is -1.96. The van der Waals surface area contributed by atoms with E-state index in [1.54, 1.807) is 17.2 Å². The summed E-state index contributed by atoms with van der Waals surface area (Å²) >= 11 is 1.26. The molecule has 2 rings (SSSR count). The molecule has 2 amide bonds. The summed E-state index contributed by atoms with van der Waals surface area (Å²) in [6, 6.07) is 0. The molecule has 1 aromatic heterocycles. The number of aromatic nitrogens is 1. The molecule has 1 aliphatic heterocycles. The third-order valence-electron chi connectivity index (χ3n) is 3.78. The molecular formula is C16H23N3O4S. The summed E-state index contributed by atoms with van der Waals surface area (Å²) in [6.45, 7) is 5.32. The van der Waals surface area contributed by atoms with Crippen LogP contribution in [-0.2, 0) is 25.5 Å². The molecule has 8 heteroatoms. The first-order chi connectivity index (χ1) is 11.5. The maximum Gasteiger partial charge on any atom is 0.311 e. The molecule has 2 heterocycles. The smallest absolute Gasteiger partial charge is 0.311 e. The van der Waals surface area contributed by atoms with Crippen molar-refractivity contribution in [2.24, 2.45) is 5.92 Å². The van der Waals surface area contributed by atoms with E-state index in [1.165, 1.54) is 11.3 Å². The lowest BCUT2D eigenvalue weighted by Crippen LogP contribution is -2.29. The zero-order valence-electron chi connectivity index (χ0n) is 14.0. The zero-order chi connectivity index (χ0) is 17.5. The molecule has 1 atom stereocenters. The number of esters is 1. The summed E-state index contributed by atoms with van der Waals surface area (Å²) in [4.78, 5) is 41.6. The number of carbonyl (C=O) groups excluding carboxylic acids is 3. The first kappa shape index (κ1) is 18.4. The van der Waals surface area contributed by atoms with Crippen molar-refractivity contribution in [1.82, 2.24) is 9.88 Å². The maximum absolute atomic E-state index is 12.3. The van der Waals surface area contributed by atoms with Gasteiger partial charge in [0.05, 0.1) is 24.6 Å². The van der Waals surface area contributed by atoms with Crippen LogP contribution in [0, 0.1) is 5.92 Å². The van der Waals surface area contributed by atoms with Gasteiger partial charge in [-0.3, -0.25) is 14.4 Å². The van der Waals surface area contributed by atoms with E-state index in [1.807, 2.05) is 0 Å². The third-order valence-corrected chi connectivity index (χ3v) is 4.59. The molecule has 1 saturated heterocycles. The van der Waals surface area contributed by atoms with Crippen molar-refractivity contribution >= 4 is 34.3 Å². The first-order valence-electron chi connectivity index (χ1n) is 8.22. The fourth-order valence-corrected chi connectivity index (χ4v) is 3.24. The number of rotatable bonds is 8. The fourth-order valence-electron chi connectivity index (χ4n) is 2.53. The summed E-state index contributed by atoms with van der Waals surface area (Å²) in [5, 5.41) is 4.91. The van der Waals surface area contributed by atoms with Crippen LogP contribution in [0.1, 0.15) is 38.8 Å². The monoisotopic (exact) mass is 353 g/mol. The highest BCUT2D eigenvalue weighted by Gasteiger charge is 2.34. The molecule has 1 N–H and O–H groups in total. The molecule has 132 valence electrons. The van der Waals surface area contributed by atoms with E-state index in [0.717, 1.165) is 12.8 Å². The molecule has 0 aliphatic carbocycles. The molecule has 0 aromatic carbocycles. The Morgan fingerprint density at radius 3 is 2.96 bits per heavy atom. The van der Waals surface area contributed by atoms with Gasteiger partial charge in [0.2, 0.25) is 11.8 Å². The van der Waals surface area contributed by atoms with Crippen molar-refractivity contribution < 1.29 is 19.1 Å². The van der Waals surface area contributed by atoms with Gasteiger partial charge >= 0.3 is 5.97 Å². The Kier molecular flexibility index (Phi) is 6.72. The maximum atomic E-state index is 12.3. The highest BCUT2D eigenvalue weighted by atomic mass is 32.1. The van der Waals surface area contributed by atoms with Crippen molar-refractivity contribution in [2.45, 2.75) is 39.5 Å². The molecular weight excluding hydrogens is 330 g/mol. The van der Waals surface area contributed by atoms with E-state index in [0.29, 0.717) is 30.5 Å². The van der Waals surface area contributed by atoms with Crippen molar-refractivity contribution in [3.8, 4) is 0 Å². The molecule has 1 aliphatic rings. The van der Waals surface area contributed by atoms with Gasteiger partial charge in [-0.15, -0.1) is 11.3 Å². The quantitative estimate of drug-likeness (QED) is 0.720. The van der Waals surface area contributed by atoms with Gasteiger partial charge in [-0.25, -0.2) is 4.98 Å². The van der Waals surface area contributed by atoms with Crippen molar-refractivity contribution in [2.75, 3.05) is 25.0 Å². The van der Waals surface area contributed by atoms with Gasteiger partial charge in [-0.1, -0.05) is 13.3 Å². The number of hydrogen-bond donors (Lipinski definition) is 1. The third kappa shape index (κ3) is 5.02. The first-order valence-corrected chi connectivity index (χ1v) is 9.10. The van der Waals surface area contributed by atoms with Gasteiger partial charge < -0.3 is 15.0 Å². The number of anilines is 1. The van der Waals surface area contributed by atoms with Crippen LogP contribution in [0.25, 0.3) is 0 Å². The minimum atomic E-state index is -0.341. The normalized spacial score (nSPS) is 17.2. The molecule has 1 aromatic rings. The predicted molar refractivity (Wildman–Crippen MR) is 90.7 cm³/mol. The van der Waals surface area contributed by atoms with Crippen molar-refractivity contribution in [3.63, 3.8) is 0 Å². The molecule has 0 spiro atoms. The largest absolute Gasteiger partial charge is 0.466 e. The number of hydrogen-bond acceptors (Lipinski definition) is 6. The molecule has 0 radical (unpaired) electrons. The van der Waals surface area contributed by atoms with Crippen molar-refractivity contribution in [3.05, 3.63) is 11.1 Å². The van der Waals surface area contributed by atoms with Gasteiger partial charge in [0, 0.05) is 24.9 Å². The van der Waals surface area contributed by atoms with Gasteiger partial charge in [-0.05, 0) is 13.3 Å². The summed E-state index contributed by atoms with van der Waals surface area (Å²) in [6.07, 6.45) is 2.30. The summed E-state index contributed by atoms with van der Waals surface area (Å²) in [5.41, 5.74) is 0.570. The van der Waals surface area contributed by atoms with Gasteiger partial charge in [0.1, 0.15) is 0 Å². The number of unbranched alkanes of at least 4 members (excludes halogenated alkanes) is 1. The second-order valence-electron chi connectivity index (χ2n) is 5.71. The van der Waals surface area contributed by atoms with Crippen LogP contribution in [0.2, 0.25) is 0 Å². The van der Waals surface area contributed by atoms with Crippen LogP contribution < -0.4 is 5.32 Å². The second kappa shape index (κ2) is 8.77. The highest BCUT2D eigenvalue weighted by Crippen LogP contribution is 2.22. The summed E-state index contributed by atoms with van der Waals surface area (Å²) < 4.78 is 4.87. The minimum Gasteiger partial charge on any atom is -0.466 e. The van der Waals surface area contributed by atoms with Gasteiger partial charge in [0.15, 0.2) is 5.13 Å². The Bertz CT molecular complexity index is 602. The van der Waals surface area contributed by atoms with E-state index in [-0.39, 0.29) is 36.5 Å². The molecule has 24 heavy (non-hydrogen) atoms. The molecule has 1 fully saturated rings. The molecule has 0 saturated carbocycles. The Balaban J connectivity index is 1.85. The standard InChI is InChI=1S/C16H23N3O4S/c1-3-5-6-19-9-11(7-13(19)20)15(22)18-16-17-12(10-24-16)8-14(21)23-4-2/h10-11H,3-9H2,1-2H3,(H,17,18,22)/t11-/m0/s1. The number of thiazole rings is 1. The summed E-state index contributed by atoms with van der Waals surface area (Å²) in [5.74, 6) is -0.842. The lowest BCUT2D eigenvalue weighted by atomic mass is 10.1. The second-order valence-corrected chi connectivity index (χ2v) is 6.57.